The summed E-state index contributed by atoms with van der Waals surface area (Å²) in [6.07, 6.45) is 0.0349. The molecule has 1 aromatic carbocycles. The Balaban J connectivity index is 2.76. The molecule has 0 aliphatic rings. The quantitative estimate of drug-likeness (QED) is 0.363. The van der Waals surface area contributed by atoms with Crippen LogP contribution in [-0.2, 0) is 4.79 Å². The molecule has 4 nitrogen and oxygen atoms in total. The van der Waals surface area contributed by atoms with Gasteiger partial charge in [-0.25, -0.2) is 13.2 Å². The van der Waals surface area contributed by atoms with Gasteiger partial charge in [0.2, 0.25) is 35.0 Å². The zero-order chi connectivity index (χ0) is 16.4. The van der Waals surface area contributed by atoms with Gasteiger partial charge in [0.15, 0.2) is 5.75 Å². The Morgan fingerprint density at radius 2 is 1.48 bits per heavy atom. The summed E-state index contributed by atoms with van der Waals surface area (Å²) in [5, 5.41) is 0. The van der Waals surface area contributed by atoms with Crippen molar-refractivity contribution in [3.8, 4) is 5.75 Å². The van der Waals surface area contributed by atoms with Crippen molar-refractivity contribution in [2.75, 3.05) is 6.61 Å². The molecule has 0 heterocycles. The predicted octanol–water partition coefficient (Wildman–Crippen LogP) is 1.74. The van der Waals surface area contributed by atoms with E-state index in [1.807, 2.05) is 0 Å². The van der Waals surface area contributed by atoms with Crippen LogP contribution in [0.2, 0.25) is 0 Å². The molecule has 4 N–H and O–H groups in total. The zero-order valence-corrected chi connectivity index (χ0v) is 11.0. The van der Waals surface area contributed by atoms with E-state index < -0.39 is 52.9 Å². The molecule has 1 atom stereocenters. The molecule has 1 amide bonds. The first-order chi connectivity index (χ1) is 9.59. The average Bonchev–Trinajstić information content (AvgIpc) is 2.42. The first kappa shape index (κ1) is 17.2. The maximum Gasteiger partial charge on any atom is 0.237 e. The minimum atomic E-state index is -2.26. The fraction of sp³-hybridized carbons (Fsp3) is 0.417. The molecule has 0 aliphatic carbocycles. The molecule has 0 bridgehead atoms. The number of nitrogens with two attached hydrogens (primary N) is 2. The highest BCUT2D eigenvalue weighted by molar-refractivity contribution is 5.83. The third-order valence-corrected chi connectivity index (χ3v) is 2.82. The highest BCUT2D eigenvalue weighted by atomic mass is 19.2. The van der Waals surface area contributed by atoms with Gasteiger partial charge < -0.3 is 16.2 Å². The fourth-order valence-electron chi connectivity index (χ4n) is 1.45. The summed E-state index contributed by atoms with van der Waals surface area (Å²) in [5.41, 5.74) is 9.16. The van der Waals surface area contributed by atoms with Crippen LogP contribution in [0.3, 0.4) is 0 Å². The lowest BCUT2D eigenvalue weighted by Crippen LogP contribution is -2.49. The number of benzene rings is 1. The van der Waals surface area contributed by atoms with Gasteiger partial charge in [-0.15, -0.1) is 0 Å². The minimum absolute atomic E-state index is 0.0116. The van der Waals surface area contributed by atoms with E-state index in [2.05, 4.69) is 4.74 Å². The van der Waals surface area contributed by atoms with Crippen molar-refractivity contribution in [2.24, 2.45) is 11.5 Å². The number of hydrogen-bond donors (Lipinski definition) is 2. The van der Waals surface area contributed by atoms with Gasteiger partial charge >= 0.3 is 0 Å². The normalized spacial score (nSPS) is 13.9. The first-order valence-electron chi connectivity index (χ1n) is 5.82. The molecule has 0 aliphatic heterocycles. The number of rotatable bonds is 6. The zero-order valence-electron chi connectivity index (χ0n) is 11.0. The summed E-state index contributed by atoms with van der Waals surface area (Å²) in [4.78, 5) is 10.9. The maximum absolute atomic E-state index is 13.2. The lowest BCUT2D eigenvalue weighted by Gasteiger charge is -2.20. The van der Waals surface area contributed by atoms with Crippen LogP contribution < -0.4 is 16.2 Å². The summed E-state index contributed by atoms with van der Waals surface area (Å²) >= 11 is 0. The Hall–Kier alpha value is -1.90. The molecule has 0 radical (unpaired) electrons. The summed E-state index contributed by atoms with van der Waals surface area (Å²) < 4.78 is 69.6. The minimum Gasteiger partial charge on any atom is -0.487 e. The van der Waals surface area contributed by atoms with E-state index in [-0.39, 0.29) is 12.8 Å². The van der Waals surface area contributed by atoms with Crippen LogP contribution in [0.25, 0.3) is 0 Å². The van der Waals surface area contributed by atoms with Gasteiger partial charge in [0.25, 0.3) is 0 Å². The van der Waals surface area contributed by atoms with Crippen molar-refractivity contribution in [3.05, 3.63) is 29.1 Å². The van der Waals surface area contributed by atoms with Crippen LogP contribution in [0.1, 0.15) is 19.8 Å². The van der Waals surface area contributed by atoms with Gasteiger partial charge in [-0.05, 0) is 19.8 Å². The lowest BCUT2D eigenvalue weighted by molar-refractivity contribution is -0.122. The molecule has 0 spiro atoms. The molecular formula is C12H13F5N2O2. The van der Waals surface area contributed by atoms with Gasteiger partial charge in [-0.3, -0.25) is 4.79 Å². The smallest absolute Gasteiger partial charge is 0.237 e. The van der Waals surface area contributed by atoms with Crippen molar-refractivity contribution in [3.63, 3.8) is 0 Å². The van der Waals surface area contributed by atoms with E-state index in [4.69, 9.17) is 11.5 Å². The van der Waals surface area contributed by atoms with Crippen LogP contribution in [-0.4, -0.2) is 18.1 Å². The molecule has 0 fully saturated rings. The summed E-state index contributed by atoms with van der Waals surface area (Å²) in [7, 11) is 0. The van der Waals surface area contributed by atoms with Crippen LogP contribution in [0.5, 0.6) is 5.75 Å². The topological polar surface area (TPSA) is 78.3 Å². The molecule has 1 aromatic rings. The molecular weight excluding hydrogens is 299 g/mol. The van der Waals surface area contributed by atoms with Gasteiger partial charge in [0, 0.05) is 0 Å². The molecule has 0 saturated heterocycles. The third-order valence-electron chi connectivity index (χ3n) is 2.82. The summed E-state index contributed by atoms with van der Waals surface area (Å²) in [5.74, 6) is -12.7. The monoisotopic (exact) mass is 312 g/mol. The molecule has 0 saturated carbocycles. The second kappa shape index (κ2) is 6.25. The molecule has 118 valence electrons. The van der Waals surface area contributed by atoms with E-state index in [1.54, 1.807) is 0 Å². The molecule has 0 aromatic heterocycles. The predicted molar refractivity (Wildman–Crippen MR) is 62.7 cm³/mol. The average molecular weight is 312 g/mol. The van der Waals surface area contributed by atoms with E-state index in [9.17, 15) is 26.7 Å². The number of ether oxygens (including phenoxy) is 1. The largest absolute Gasteiger partial charge is 0.487 e. The summed E-state index contributed by atoms with van der Waals surface area (Å²) in [6.45, 7) is 0.937. The summed E-state index contributed by atoms with van der Waals surface area (Å²) in [6, 6.07) is 0. The third kappa shape index (κ3) is 3.60. The number of carbonyl (C=O) groups is 1. The van der Waals surface area contributed by atoms with Crippen LogP contribution in [0.4, 0.5) is 22.0 Å². The number of primary amides is 1. The SMILES string of the molecule is CC(N)(CCCOc1c(F)c(F)c(F)c(F)c1F)C(N)=O. The molecule has 1 rings (SSSR count). The van der Waals surface area contributed by atoms with Gasteiger partial charge in [-0.1, -0.05) is 0 Å². The van der Waals surface area contributed by atoms with Crippen molar-refractivity contribution in [1.29, 1.82) is 0 Å². The Bertz CT molecular complexity index is 534. The highest BCUT2D eigenvalue weighted by Gasteiger charge is 2.28. The Morgan fingerprint density at radius 3 is 1.90 bits per heavy atom. The van der Waals surface area contributed by atoms with E-state index >= 15 is 0 Å². The van der Waals surface area contributed by atoms with Crippen molar-refractivity contribution >= 4 is 5.91 Å². The Labute approximate surface area is 116 Å². The van der Waals surface area contributed by atoms with Crippen molar-refractivity contribution < 1.29 is 31.5 Å². The van der Waals surface area contributed by atoms with E-state index in [0.29, 0.717) is 0 Å². The van der Waals surface area contributed by atoms with Gasteiger partial charge in [0.05, 0.1) is 12.1 Å². The van der Waals surface area contributed by atoms with Crippen LogP contribution in [0, 0.1) is 29.1 Å². The molecule has 9 heteroatoms. The Kier molecular flexibility index (Phi) is 5.10. The maximum atomic E-state index is 13.2. The second-order valence-electron chi connectivity index (χ2n) is 4.63. The Morgan fingerprint density at radius 1 is 1.05 bits per heavy atom. The van der Waals surface area contributed by atoms with E-state index in [1.165, 1.54) is 6.92 Å². The second-order valence-corrected chi connectivity index (χ2v) is 4.63. The number of hydrogen-bond acceptors (Lipinski definition) is 3. The van der Waals surface area contributed by atoms with Crippen LogP contribution >= 0.6 is 0 Å². The fourth-order valence-corrected chi connectivity index (χ4v) is 1.45. The standard InChI is InChI=1S/C12H13F5N2O2/c1-12(19,11(18)20)3-2-4-21-10-8(16)6(14)5(13)7(15)9(10)17/h2-4,19H2,1H3,(H2,18,20). The highest BCUT2D eigenvalue weighted by Crippen LogP contribution is 2.29. The molecule has 1 unspecified atom stereocenters. The van der Waals surface area contributed by atoms with Crippen molar-refractivity contribution in [2.45, 2.75) is 25.3 Å². The molecule has 21 heavy (non-hydrogen) atoms. The first-order valence-corrected chi connectivity index (χ1v) is 5.82. The number of halogens is 5. The lowest BCUT2D eigenvalue weighted by atomic mass is 9.97. The number of amides is 1. The van der Waals surface area contributed by atoms with Gasteiger partial charge in [-0.2, -0.15) is 8.78 Å². The van der Waals surface area contributed by atoms with Crippen molar-refractivity contribution in [1.82, 2.24) is 0 Å². The van der Waals surface area contributed by atoms with E-state index in [0.717, 1.165) is 0 Å². The van der Waals surface area contributed by atoms with Gasteiger partial charge in [0.1, 0.15) is 0 Å². The van der Waals surface area contributed by atoms with Crippen LogP contribution in [0.15, 0.2) is 0 Å². The number of carbonyl (C=O) groups excluding carboxylic acids is 1.